The smallest absolute Gasteiger partial charge is 0.400 e. The van der Waals surface area contributed by atoms with Gasteiger partial charge in [0.15, 0.2) is 0 Å². The third-order valence-corrected chi connectivity index (χ3v) is 3.78. The van der Waals surface area contributed by atoms with Gasteiger partial charge in [-0.25, -0.2) is 0 Å². The zero-order valence-corrected chi connectivity index (χ0v) is 10.9. The average Bonchev–Trinajstić information content (AvgIpc) is 2.36. The molecule has 2 aliphatic rings. The number of hydrogen-bond acceptors (Lipinski definition) is 3. The van der Waals surface area contributed by atoms with Crippen LogP contribution in [0.3, 0.4) is 0 Å². The van der Waals surface area contributed by atoms with Crippen LogP contribution in [0.1, 0.15) is 41.0 Å². The Bertz CT molecular complexity index is 293. The Morgan fingerprint density at radius 3 is 2.25 bits per heavy atom. The van der Waals surface area contributed by atoms with Crippen LogP contribution in [0.15, 0.2) is 11.5 Å². The van der Waals surface area contributed by atoms with E-state index in [9.17, 15) is 0 Å². The van der Waals surface area contributed by atoms with Gasteiger partial charge in [0, 0.05) is 0 Å². The monoisotopic (exact) mass is 224 g/mol. The van der Waals surface area contributed by atoms with Gasteiger partial charge in [0.05, 0.1) is 23.9 Å². The first-order valence-electron chi connectivity index (χ1n) is 6.00. The van der Waals surface area contributed by atoms with Crippen LogP contribution < -0.4 is 0 Å². The van der Waals surface area contributed by atoms with Crippen molar-refractivity contribution in [3.8, 4) is 0 Å². The Morgan fingerprint density at radius 1 is 1.19 bits per heavy atom. The summed E-state index contributed by atoms with van der Waals surface area (Å²) in [6.07, 6.45) is 3.19. The Hall–Kier alpha value is -0.315. The lowest BCUT2D eigenvalue weighted by Crippen LogP contribution is -2.41. The molecule has 0 saturated carbocycles. The van der Waals surface area contributed by atoms with Gasteiger partial charge in [-0.05, 0) is 46.5 Å². The number of rotatable bonds is 1. The van der Waals surface area contributed by atoms with Gasteiger partial charge in [0.1, 0.15) is 0 Å². The molecule has 0 bridgehead atoms. The van der Waals surface area contributed by atoms with Gasteiger partial charge in [-0.3, -0.25) is 0 Å². The van der Waals surface area contributed by atoms with Crippen LogP contribution in [0.25, 0.3) is 0 Å². The second-order valence-corrected chi connectivity index (χ2v) is 5.66. The summed E-state index contributed by atoms with van der Waals surface area (Å²) in [5.41, 5.74) is 0.720. The fourth-order valence-electron chi connectivity index (χ4n) is 1.99. The number of hydrogen-bond donors (Lipinski definition) is 0. The molecule has 3 nitrogen and oxygen atoms in total. The molecule has 0 aromatic heterocycles. The van der Waals surface area contributed by atoms with E-state index in [0.29, 0.717) is 0 Å². The first kappa shape index (κ1) is 12.2. The second-order valence-electron chi connectivity index (χ2n) is 5.66. The van der Waals surface area contributed by atoms with Crippen LogP contribution in [0.5, 0.6) is 0 Å². The third kappa shape index (κ3) is 2.06. The predicted octanol–water partition coefficient (Wildman–Crippen LogP) is 2.35. The molecule has 0 aromatic carbocycles. The van der Waals surface area contributed by atoms with Gasteiger partial charge in [-0.15, -0.1) is 0 Å². The quantitative estimate of drug-likeness (QED) is 0.640. The van der Waals surface area contributed by atoms with E-state index in [1.807, 2.05) is 6.92 Å². The average molecular weight is 224 g/mol. The minimum Gasteiger partial charge on any atom is -0.400 e. The summed E-state index contributed by atoms with van der Waals surface area (Å²) in [5, 5.41) is 0. The molecule has 2 rings (SSSR count). The molecule has 0 spiro atoms. The molecule has 4 heteroatoms. The lowest BCUT2D eigenvalue weighted by atomic mass is 9.75. The summed E-state index contributed by atoms with van der Waals surface area (Å²) >= 11 is 0. The van der Waals surface area contributed by atoms with Crippen LogP contribution in [0, 0.1) is 0 Å². The van der Waals surface area contributed by atoms with Gasteiger partial charge in [0.25, 0.3) is 0 Å². The predicted molar refractivity (Wildman–Crippen MR) is 64.2 cm³/mol. The molecule has 16 heavy (non-hydrogen) atoms. The van der Waals surface area contributed by atoms with Crippen molar-refractivity contribution in [2.75, 3.05) is 6.61 Å². The molecule has 0 amide bonds. The van der Waals surface area contributed by atoms with Crippen molar-refractivity contribution in [2.45, 2.75) is 58.3 Å². The normalized spacial score (nSPS) is 32.7. The summed E-state index contributed by atoms with van der Waals surface area (Å²) in [7, 11) is -0.198. The van der Waals surface area contributed by atoms with Crippen molar-refractivity contribution in [1.29, 1.82) is 0 Å². The van der Waals surface area contributed by atoms with Crippen molar-refractivity contribution < 1.29 is 14.0 Å². The lowest BCUT2D eigenvalue weighted by molar-refractivity contribution is 0.00578. The summed E-state index contributed by atoms with van der Waals surface area (Å²) in [5.74, 6) is 0. The standard InChI is InChI=1S/C12H21BO3/c1-9-8-10(6-7-14-9)13-15-11(2,3)12(4,5)16-13/h8-9H,6-7H2,1-5H3/t9-/m0/s1. The minimum atomic E-state index is -0.250. The highest BCUT2D eigenvalue weighted by atomic mass is 16.7. The van der Waals surface area contributed by atoms with E-state index in [4.69, 9.17) is 14.0 Å². The molecule has 1 atom stereocenters. The molecule has 90 valence electrons. The van der Waals surface area contributed by atoms with Crippen molar-refractivity contribution in [3.63, 3.8) is 0 Å². The maximum absolute atomic E-state index is 6.01. The molecular weight excluding hydrogens is 203 g/mol. The van der Waals surface area contributed by atoms with Gasteiger partial charge in [0.2, 0.25) is 0 Å². The van der Waals surface area contributed by atoms with Crippen molar-refractivity contribution in [1.82, 2.24) is 0 Å². The topological polar surface area (TPSA) is 27.7 Å². The summed E-state index contributed by atoms with van der Waals surface area (Å²) in [6, 6.07) is 0. The number of ether oxygens (including phenoxy) is 1. The molecular formula is C12H21BO3. The molecule has 0 aliphatic carbocycles. The Labute approximate surface area is 98.3 Å². The van der Waals surface area contributed by atoms with E-state index in [1.165, 1.54) is 5.47 Å². The summed E-state index contributed by atoms with van der Waals surface area (Å²) < 4.78 is 17.5. The zero-order valence-electron chi connectivity index (χ0n) is 10.9. The fourth-order valence-corrected chi connectivity index (χ4v) is 1.99. The molecule has 0 unspecified atom stereocenters. The highest BCUT2D eigenvalue weighted by Gasteiger charge is 2.52. The van der Waals surface area contributed by atoms with E-state index >= 15 is 0 Å². The first-order valence-corrected chi connectivity index (χ1v) is 6.00. The third-order valence-electron chi connectivity index (χ3n) is 3.78. The lowest BCUT2D eigenvalue weighted by Gasteiger charge is -2.32. The van der Waals surface area contributed by atoms with Gasteiger partial charge >= 0.3 is 7.12 Å². The Morgan fingerprint density at radius 2 is 1.75 bits per heavy atom. The van der Waals surface area contributed by atoms with Crippen molar-refractivity contribution in [3.05, 3.63) is 11.5 Å². The molecule has 0 radical (unpaired) electrons. The van der Waals surface area contributed by atoms with Crippen molar-refractivity contribution >= 4 is 7.12 Å². The molecule has 1 fully saturated rings. The van der Waals surface area contributed by atoms with Crippen LogP contribution >= 0.6 is 0 Å². The van der Waals surface area contributed by atoms with Crippen LogP contribution in [0.4, 0.5) is 0 Å². The van der Waals surface area contributed by atoms with Crippen LogP contribution in [-0.2, 0) is 14.0 Å². The SMILES string of the molecule is C[C@H]1C=C(B2OC(C)(C)C(C)(C)O2)CCO1. The Kier molecular flexibility index (Phi) is 2.93. The second kappa shape index (κ2) is 3.86. The minimum absolute atomic E-state index is 0.169. The zero-order chi connectivity index (χ0) is 12.0. The maximum Gasteiger partial charge on any atom is 0.490 e. The van der Waals surface area contributed by atoms with Gasteiger partial charge in [-0.2, -0.15) is 0 Å². The molecule has 0 aromatic rings. The van der Waals surface area contributed by atoms with Crippen molar-refractivity contribution in [2.24, 2.45) is 0 Å². The van der Waals surface area contributed by atoms with E-state index in [1.54, 1.807) is 0 Å². The fraction of sp³-hybridized carbons (Fsp3) is 0.833. The van der Waals surface area contributed by atoms with E-state index < -0.39 is 0 Å². The van der Waals surface area contributed by atoms with Crippen LogP contribution in [0.2, 0.25) is 0 Å². The molecule has 1 saturated heterocycles. The van der Waals surface area contributed by atoms with Gasteiger partial charge < -0.3 is 14.0 Å². The summed E-state index contributed by atoms with van der Waals surface area (Å²) in [6.45, 7) is 11.1. The Balaban J connectivity index is 2.14. The molecule has 2 heterocycles. The first-order chi connectivity index (χ1) is 7.32. The largest absolute Gasteiger partial charge is 0.490 e. The maximum atomic E-state index is 6.01. The van der Waals surface area contributed by atoms with E-state index in [0.717, 1.165) is 13.0 Å². The van der Waals surface area contributed by atoms with E-state index in [-0.39, 0.29) is 24.4 Å². The van der Waals surface area contributed by atoms with E-state index in [2.05, 4.69) is 33.8 Å². The highest BCUT2D eigenvalue weighted by molar-refractivity contribution is 6.54. The molecule has 0 N–H and O–H groups in total. The van der Waals surface area contributed by atoms with Crippen LogP contribution in [-0.4, -0.2) is 31.0 Å². The van der Waals surface area contributed by atoms with Gasteiger partial charge in [-0.1, -0.05) is 6.08 Å². The summed E-state index contributed by atoms with van der Waals surface area (Å²) in [4.78, 5) is 0. The molecule has 2 aliphatic heterocycles. The highest BCUT2D eigenvalue weighted by Crippen LogP contribution is 2.39.